The predicted molar refractivity (Wildman–Crippen MR) is 115 cm³/mol. The monoisotopic (exact) mass is 399 g/mol. The minimum atomic E-state index is -0.214. The molecule has 3 aliphatic heterocycles. The summed E-state index contributed by atoms with van der Waals surface area (Å²) in [6.45, 7) is 6.96. The van der Waals surface area contributed by atoms with E-state index in [1.165, 1.54) is 12.1 Å². The van der Waals surface area contributed by atoms with Crippen molar-refractivity contribution >= 4 is 17.6 Å². The van der Waals surface area contributed by atoms with Gasteiger partial charge in [-0.1, -0.05) is 18.2 Å². The van der Waals surface area contributed by atoms with Gasteiger partial charge in [-0.05, 0) is 37.3 Å². The molecule has 1 aromatic carbocycles. The van der Waals surface area contributed by atoms with Crippen LogP contribution in [0, 0.1) is 5.92 Å². The number of carbonyl (C=O) groups excluding carboxylic acids is 1. The summed E-state index contributed by atoms with van der Waals surface area (Å²) in [5.41, 5.74) is 1.31. The lowest BCUT2D eigenvalue weighted by Gasteiger charge is -2.37. The van der Waals surface area contributed by atoms with Crippen LogP contribution in [0.15, 0.2) is 35.3 Å². The molecule has 0 saturated carbocycles. The van der Waals surface area contributed by atoms with E-state index in [0.29, 0.717) is 5.92 Å². The Balaban J connectivity index is 1.22. The molecule has 2 unspecified atom stereocenters. The van der Waals surface area contributed by atoms with Gasteiger partial charge in [0, 0.05) is 65.2 Å². The van der Waals surface area contributed by atoms with Crippen LogP contribution in [0.3, 0.4) is 0 Å². The number of anilines is 1. The summed E-state index contributed by atoms with van der Waals surface area (Å²) in [5.74, 6) is 1.73. The average molecular weight is 400 g/mol. The second kappa shape index (κ2) is 9.48. The van der Waals surface area contributed by atoms with E-state index < -0.39 is 0 Å². The summed E-state index contributed by atoms with van der Waals surface area (Å²) < 4.78 is 5.55. The van der Waals surface area contributed by atoms with Gasteiger partial charge < -0.3 is 24.8 Å². The number of piperazine rings is 1. The first-order valence-electron chi connectivity index (χ1n) is 10.9. The first-order chi connectivity index (χ1) is 14.2. The Labute approximate surface area is 173 Å². The maximum atomic E-state index is 12.5. The van der Waals surface area contributed by atoms with Crippen LogP contribution in [-0.4, -0.2) is 87.2 Å². The van der Waals surface area contributed by atoms with E-state index in [0.717, 1.165) is 71.2 Å². The molecule has 7 nitrogen and oxygen atoms in total. The first-order valence-corrected chi connectivity index (χ1v) is 10.9. The van der Waals surface area contributed by atoms with Crippen LogP contribution < -0.4 is 10.2 Å². The predicted octanol–water partition coefficient (Wildman–Crippen LogP) is 1.41. The van der Waals surface area contributed by atoms with E-state index in [4.69, 9.17) is 4.74 Å². The lowest BCUT2D eigenvalue weighted by atomic mass is 10.1. The van der Waals surface area contributed by atoms with Crippen LogP contribution in [-0.2, 0) is 9.53 Å². The highest BCUT2D eigenvalue weighted by Gasteiger charge is 2.31. The smallest absolute Gasteiger partial charge is 0.251 e. The van der Waals surface area contributed by atoms with E-state index >= 15 is 0 Å². The number of benzene rings is 1. The average Bonchev–Trinajstić information content (AvgIpc) is 3.47. The number of nitrogens with zero attached hydrogens (tertiary/aromatic N) is 4. The summed E-state index contributed by atoms with van der Waals surface area (Å²) in [6.07, 6.45) is 2.84. The van der Waals surface area contributed by atoms with Gasteiger partial charge in [0.1, 0.15) is 6.10 Å². The van der Waals surface area contributed by atoms with E-state index in [-0.39, 0.29) is 12.0 Å². The van der Waals surface area contributed by atoms with Crippen LogP contribution >= 0.6 is 0 Å². The highest BCUT2D eigenvalue weighted by Crippen LogP contribution is 2.23. The van der Waals surface area contributed by atoms with Crippen molar-refractivity contribution in [2.45, 2.75) is 25.4 Å². The molecule has 0 radical (unpaired) electrons. The first kappa shape index (κ1) is 20.0. The summed E-state index contributed by atoms with van der Waals surface area (Å²) >= 11 is 0. The number of rotatable bonds is 4. The minimum absolute atomic E-state index is 0.164. The van der Waals surface area contributed by atoms with Crippen molar-refractivity contribution in [1.29, 1.82) is 0 Å². The number of carbonyl (C=O) groups is 1. The normalized spacial score (nSPS) is 25.6. The molecule has 7 heteroatoms. The summed E-state index contributed by atoms with van der Waals surface area (Å²) in [7, 11) is 1.84. The molecular formula is C22H33N5O2. The summed E-state index contributed by atoms with van der Waals surface area (Å²) in [5, 5.41) is 3.57. The maximum absolute atomic E-state index is 12.5. The second-order valence-corrected chi connectivity index (χ2v) is 8.18. The van der Waals surface area contributed by atoms with Gasteiger partial charge in [-0.15, -0.1) is 0 Å². The molecule has 0 spiro atoms. The van der Waals surface area contributed by atoms with Crippen molar-refractivity contribution in [3.63, 3.8) is 0 Å². The third kappa shape index (κ3) is 4.83. The molecular weight excluding hydrogens is 366 g/mol. The van der Waals surface area contributed by atoms with Crippen molar-refractivity contribution < 1.29 is 9.53 Å². The molecule has 4 rings (SSSR count). The fourth-order valence-electron chi connectivity index (χ4n) is 4.56. The highest BCUT2D eigenvalue weighted by molar-refractivity contribution is 5.82. The van der Waals surface area contributed by atoms with Gasteiger partial charge >= 0.3 is 0 Å². The number of amides is 1. The number of aliphatic imine (C=N–C) groups is 1. The third-order valence-corrected chi connectivity index (χ3v) is 6.26. The van der Waals surface area contributed by atoms with Crippen LogP contribution in [0.25, 0.3) is 0 Å². The molecule has 0 bridgehead atoms. The van der Waals surface area contributed by atoms with Gasteiger partial charge in [0.25, 0.3) is 5.91 Å². The SMILES string of the molecule is CN=C(NCC1CCN(c2ccccc2)C1)N1CCN(C(=O)C2CCCO2)CC1. The second-order valence-electron chi connectivity index (χ2n) is 8.18. The molecule has 3 saturated heterocycles. The van der Waals surface area contributed by atoms with E-state index in [2.05, 4.69) is 50.4 Å². The molecule has 1 N–H and O–H groups in total. The van der Waals surface area contributed by atoms with E-state index in [1.54, 1.807) is 0 Å². The van der Waals surface area contributed by atoms with Crippen LogP contribution in [0.5, 0.6) is 0 Å². The molecule has 1 amide bonds. The van der Waals surface area contributed by atoms with Gasteiger partial charge in [0.2, 0.25) is 0 Å². The molecule has 2 atom stereocenters. The molecule has 3 aliphatic rings. The zero-order chi connectivity index (χ0) is 20.1. The summed E-state index contributed by atoms with van der Waals surface area (Å²) in [6, 6.07) is 10.6. The highest BCUT2D eigenvalue weighted by atomic mass is 16.5. The Morgan fingerprint density at radius 1 is 1.10 bits per heavy atom. The largest absolute Gasteiger partial charge is 0.371 e. The fraction of sp³-hybridized carbons (Fsp3) is 0.636. The topological polar surface area (TPSA) is 60.4 Å². The molecule has 158 valence electrons. The van der Waals surface area contributed by atoms with E-state index in [1.807, 2.05) is 11.9 Å². The van der Waals surface area contributed by atoms with Crippen molar-refractivity contribution in [2.75, 3.05) is 64.4 Å². The van der Waals surface area contributed by atoms with Crippen molar-refractivity contribution in [1.82, 2.24) is 15.1 Å². The Kier molecular flexibility index (Phi) is 6.54. The Hall–Kier alpha value is -2.28. The molecule has 1 aromatic rings. The van der Waals surface area contributed by atoms with Gasteiger partial charge in [-0.3, -0.25) is 9.79 Å². The quantitative estimate of drug-likeness (QED) is 0.613. The maximum Gasteiger partial charge on any atom is 0.251 e. The third-order valence-electron chi connectivity index (χ3n) is 6.26. The number of ether oxygens (including phenoxy) is 1. The van der Waals surface area contributed by atoms with Crippen molar-refractivity contribution in [3.05, 3.63) is 30.3 Å². The Morgan fingerprint density at radius 3 is 2.55 bits per heavy atom. The van der Waals surface area contributed by atoms with Gasteiger partial charge in [0.15, 0.2) is 5.96 Å². The molecule has 0 aliphatic carbocycles. The van der Waals surface area contributed by atoms with Gasteiger partial charge in [-0.2, -0.15) is 0 Å². The molecule has 3 heterocycles. The lowest BCUT2D eigenvalue weighted by molar-refractivity contribution is -0.142. The lowest BCUT2D eigenvalue weighted by Crippen LogP contribution is -2.55. The van der Waals surface area contributed by atoms with Crippen LogP contribution in [0.1, 0.15) is 19.3 Å². The van der Waals surface area contributed by atoms with Crippen LogP contribution in [0.2, 0.25) is 0 Å². The van der Waals surface area contributed by atoms with Gasteiger partial charge in [0.05, 0.1) is 0 Å². The zero-order valence-electron chi connectivity index (χ0n) is 17.4. The zero-order valence-corrected chi connectivity index (χ0v) is 17.4. The Bertz CT molecular complexity index is 696. The molecule has 0 aromatic heterocycles. The van der Waals surface area contributed by atoms with Crippen LogP contribution in [0.4, 0.5) is 5.69 Å². The number of nitrogens with one attached hydrogen (secondary N) is 1. The standard InChI is InChI=1S/C22H33N5O2/c1-23-22(24-16-18-9-10-27(17-18)19-6-3-2-4-7-19)26-13-11-25(12-14-26)21(28)20-8-5-15-29-20/h2-4,6-7,18,20H,5,8-17H2,1H3,(H,23,24). The number of hydrogen-bond acceptors (Lipinski definition) is 4. The number of hydrogen-bond donors (Lipinski definition) is 1. The fourth-order valence-corrected chi connectivity index (χ4v) is 4.56. The van der Waals surface area contributed by atoms with E-state index in [9.17, 15) is 4.79 Å². The van der Waals surface area contributed by atoms with Crippen molar-refractivity contribution in [3.8, 4) is 0 Å². The summed E-state index contributed by atoms with van der Waals surface area (Å²) in [4.78, 5) is 23.7. The molecule has 29 heavy (non-hydrogen) atoms. The van der Waals surface area contributed by atoms with Gasteiger partial charge in [-0.25, -0.2) is 0 Å². The Morgan fingerprint density at radius 2 is 1.86 bits per heavy atom. The molecule has 3 fully saturated rings. The minimum Gasteiger partial charge on any atom is -0.371 e. The number of para-hydroxylation sites is 1. The number of guanidine groups is 1. The van der Waals surface area contributed by atoms with Crippen molar-refractivity contribution in [2.24, 2.45) is 10.9 Å².